The zero-order valence-electron chi connectivity index (χ0n) is 13.1. The van der Waals surface area contributed by atoms with Crippen molar-refractivity contribution in [2.24, 2.45) is 10.7 Å². The van der Waals surface area contributed by atoms with E-state index in [1.807, 2.05) is 25.1 Å². The van der Waals surface area contributed by atoms with Crippen molar-refractivity contribution in [3.63, 3.8) is 0 Å². The van der Waals surface area contributed by atoms with Gasteiger partial charge in [-0.15, -0.1) is 0 Å². The molecule has 0 atom stereocenters. The number of guanidine groups is 1. The number of rotatable bonds is 8. The lowest BCUT2D eigenvalue weighted by Crippen LogP contribution is -2.32. The summed E-state index contributed by atoms with van der Waals surface area (Å²) in [5.74, 6) is 1.96. The monoisotopic (exact) mass is 291 g/mol. The van der Waals surface area contributed by atoms with Gasteiger partial charge in [-0.25, -0.2) is 4.99 Å². The normalized spacial score (nSPS) is 11.1. The van der Waals surface area contributed by atoms with Crippen molar-refractivity contribution in [1.29, 1.82) is 0 Å². The van der Waals surface area contributed by atoms with Gasteiger partial charge in [0.05, 0.1) is 20.8 Å². The Bertz CT molecular complexity index is 498. The number of hydrogen-bond acceptors (Lipinski definition) is 3. The third-order valence-electron chi connectivity index (χ3n) is 2.92. The molecule has 116 valence electrons. The van der Waals surface area contributed by atoms with Gasteiger partial charge in [-0.1, -0.05) is 18.2 Å². The maximum atomic E-state index is 5.75. The number of hydrogen-bond donors (Lipinski definition) is 2. The largest absolute Gasteiger partial charge is 0.493 e. The average molecular weight is 291 g/mol. The van der Waals surface area contributed by atoms with Crippen molar-refractivity contribution in [2.45, 2.75) is 19.8 Å². The van der Waals surface area contributed by atoms with Gasteiger partial charge in [-0.05, 0) is 37.5 Å². The molecule has 1 aromatic rings. The molecule has 0 aliphatic heterocycles. The number of ether oxygens (including phenoxy) is 2. The summed E-state index contributed by atoms with van der Waals surface area (Å²) in [5, 5.41) is 3.09. The summed E-state index contributed by atoms with van der Waals surface area (Å²) in [4.78, 5) is 4.17. The summed E-state index contributed by atoms with van der Waals surface area (Å²) in [6, 6.07) is 5.96. The van der Waals surface area contributed by atoms with Crippen LogP contribution in [0.3, 0.4) is 0 Å². The number of nitrogens with two attached hydrogens (primary N) is 1. The minimum atomic E-state index is 0.463. The molecule has 1 aromatic carbocycles. The molecule has 0 heterocycles. The van der Waals surface area contributed by atoms with E-state index in [0.29, 0.717) is 12.5 Å². The van der Waals surface area contributed by atoms with E-state index in [1.165, 1.54) is 5.56 Å². The van der Waals surface area contributed by atoms with Gasteiger partial charge in [0.25, 0.3) is 0 Å². The first-order valence-electron chi connectivity index (χ1n) is 6.96. The highest BCUT2D eigenvalue weighted by atomic mass is 16.5. The molecule has 0 aliphatic carbocycles. The summed E-state index contributed by atoms with van der Waals surface area (Å²) < 4.78 is 10.5. The summed E-state index contributed by atoms with van der Waals surface area (Å²) >= 11 is 0. The van der Waals surface area contributed by atoms with Crippen LogP contribution < -0.4 is 20.5 Å². The van der Waals surface area contributed by atoms with E-state index in [0.717, 1.165) is 36.5 Å². The summed E-state index contributed by atoms with van der Waals surface area (Å²) in [7, 11) is 3.27. The fraction of sp³-hybridized carbons (Fsp3) is 0.438. The minimum absolute atomic E-state index is 0.463. The van der Waals surface area contributed by atoms with Gasteiger partial charge < -0.3 is 20.5 Å². The maximum absolute atomic E-state index is 5.75. The molecule has 0 bridgehead atoms. The molecule has 0 amide bonds. The predicted molar refractivity (Wildman–Crippen MR) is 87.2 cm³/mol. The molecule has 0 aromatic heterocycles. The van der Waals surface area contributed by atoms with Gasteiger partial charge in [-0.2, -0.15) is 0 Å². The number of methoxy groups -OCH3 is 2. The molecule has 5 heteroatoms. The van der Waals surface area contributed by atoms with Crippen LogP contribution in [0.15, 0.2) is 35.3 Å². The van der Waals surface area contributed by atoms with Crippen molar-refractivity contribution in [1.82, 2.24) is 5.32 Å². The second kappa shape index (κ2) is 8.89. The van der Waals surface area contributed by atoms with E-state index >= 15 is 0 Å². The smallest absolute Gasteiger partial charge is 0.188 e. The molecule has 0 aliphatic rings. The van der Waals surface area contributed by atoms with Crippen LogP contribution in [-0.2, 0) is 6.42 Å². The Morgan fingerprint density at radius 2 is 2.00 bits per heavy atom. The Kier molecular flexibility index (Phi) is 7.15. The molecule has 21 heavy (non-hydrogen) atoms. The molecule has 0 fully saturated rings. The van der Waals surface area contributed by atoms with Crippen LogP contribution in [0.2, 0.25) is 0 Å². The molecular weight excluding hydrogens is 266 g/mol. The van der Waals surface area contributed by atoms with E-state index in [-0.39, 0.29) is 0 Å². The van der Waals surface area contributed by atoms with Crippen LogP contribution in [0, 0.1) is 0 Å². The first-order chi connectivity index (χ1) is 10.1. The highest BCUT2D eigenvalue weighted by Crippen LogP contribution is 2.27. The van der Waals surface area contributed by atoms with Gasteiger partial charge in [-0.3, -0.25) is 0 Å². The van der Waals surface area contributed by atoms with Crippen LogP contribution in [-0.4, -0.2) is 33.3 Å². The number of nitrogens with zero attached hydrogens (tertiary/aromatic N) is 1. The Morgan fingerprint density at radius 3 is 2.62 bits per heavy atom. The van der Waals surface area contributed by atoms with E-state index in [4.69, 9.17) is 15.2 Å². The quantitative estimate of drug-likeness (QED) is 0.333. The predicted octanol–water partition coefficient (Wildman–Crippen LogP) is 2.12. The van der Waals surface area contributed by atoms with Crippen LogP contribution in [0.4, 0.5) is 0 Å². The lowest BCUT2D eigenvalue weighted by Gasteiger charge is -2.10. The van der Waals surface area contributed by atoms with Crippen LogP contribution in [0.1, 0.15) is 18.9 Å². The lowest BCUT2D eigenvalue weighted by atomic mass is 10.1. The molecule has 3 N–H and O–H groups in total. The van der Waals surface area contributed by atoms with E-state index < -0.39 is 0 Å². The number of aliphatic imine (C=N–C) groups is 1. The highest BCUT2D eigenvalue weighted by Gasteiger charge is 2.04. The lowest BCUT2D eigenvalue weighted by molar-refractivity contribution is 0.354. The van der Waals surface area contributed by atoms with Gasteiger partial charge in [0.15, 0.2) is 17.5 Å². The van der Waals surface area contributed by atoms with Crippen molar-refractivity contribution in [3.8, 4) is 11.5 Å². The Hall–Kier alpha value is -2.17. The van der Waals surface area contributed by atoms with Gasteiger partial charge >= 0.3 is 0 Å². The van der Waals surface area contributed by atoms with Crippen molar-refractivity contribution in [3.05, 3.63) is 35.9 Å². The van der Waals surface area contributed by atoms with Crippen LogP contribution in [0.25, 0.3) is 0 Å². The Labute approximate surface area is 126 Å². The first-order valence-corrected chi connectivity index (χ1v) is 6.96. The fourth-order valence-electron chi connectivity index (χ4n) is 1.82. The summed E-state index contributed by atoms with van der Waals surface area (Å²) in [6.45, 7) is 7.05. The Morgan fingerprint density at radius 1 is 1.29 bits per heavy atom. The molecule has 1 rings (SSSR count). The SMILES string of the molecule is C=C(C)CN=C(N)NCCCc1ccc(OC)c(OC)c1. The molecule has 0 spiro atoms. The third kappa shape index (κ3) is 6.21. The first kappa shape index (κ1) is 16.9. The zero-order chi connectivity index (χ0) is 15.7. The molecule has 0 saturated carbocycles. The van der Waals surface area contributed by atoms with E-state index in [1.54, 1.807) is 14.2 Å². The number of benzene rings is 1. The second-order valence-electron chi connectivity index (χ2n) is 4.88. The standard InChI is InChI=1S/C16H25N3O2/c1-12(2)11-19-16(17)18-9-5-6-13-7-8-14(20-3)15(10-13)21-4/h7-8,10H,1,5-6,9,11H2,2-4H3,(H3,17,18,19). The van der Waals surface area contributed by atoms with E-state index in [2.05, 4.69) is 16.9 Å². The average Bonchev–Trinajstić information content (AvgIpc) is 2.49. The van der Waals surface area contributed by atoms with Gasteiger partial charge in [0, 0.05) is 6.54 Å². The number of nitrogens with one attached hydrogen (secondary N) is 1. The van der Waals surface area contributed by atoms with Gasteiger partial charge in [0.1, 0.15) is 0 Å². The number of aryl methyl sites for hydroxylation is 1. The molecular formula is C16H25N3O2. The molecule has 0 saturated heterocycles. The topological polar surface area (TPSA) is 68.9 Å². The summed E-state index contributed by atoms with van der Waals surface area (Å²) in [5.41, 5.74) is 7.94. The maximum Gasteiger partial charge on any atom is 0.188 e. The van der Waals surface area contributed by atoms with Crippen molar-refractivity contribution < 1.29 is 9.47 Å². The van der Waals surface area contributed by atoms with Crippen molar-refractivity contribution >= 4 is 5.96 Å². The van der Waals surface area contributed by atoms with Crippen molar-refractivity contribution in [2.75, 3.05) is 27.3 Å². The Balaban J connectivity index is 2.39. The van der Waals surface area contributed by atoms with E-state index in [9.17, 15) is 0 Å². The minimum Gasteiger partial charge on any atom is -0.493 e. The third-order valence-corrected chi connectivity index (χ3v) is 2.92. The molecule has 5 nitrogen and oxygen atoms in total. The molecule has 0 unspecified atom stereocenters. The van der Waals surface area contributed by atoms with Crippen LogP contribution >= 0.6 is 0 Å². The van der Waals surface area contributed by atoms with Gasteiger partial charge in [0.2, 0.25) is 0 Å². The summed E-state index contributed by atoms with van der Waals surface area (Å²) in [6.07, 6.45) is 1.89. The van der Waals surface area contributed by atoms with Crippen LogP contribution in [0.5, 0.6) is 11.5 Å². The second-order valence-corrected chi connectivity index (χ2v) is 4.88. The fourth-order valence-corrected chi connectivity index (χ4v) is 1.82. The zero-order valence-corrected chi connectivity index (χ0v) is 13.1. The highest BCUT2D eigenvalue weighted by molar-refractivity contribution is 5.77. The molecule has 0 radical (unpaired) electrons.